The van der Waals surface area contributed by atoms with Crippen molar-refractivity contribution in [1.29, 1.82) is 0 Å². The third-order valence-electron chi connectivity index (χ3n) is 4.08. The average molecular weight is 349 g/mol. The topological polar surface area (TPSA) is 72.0 Å². The lowest BCUT2D eigenvalue weighted by Crippen LogP contribution is -2.09. The molecule has 0 aliphatic rings. The largest absolute Gasteiger partial charge is 0.497 e. The van der Waals surface area contributed by atoms with Gasteiger partial charge in [0.25, 0.3) is 0 Å². The van der Waals surface area contributed by atoms with Crippen LogP contribution < -0.4 is 15.4 Å². The Morgan fingerprint density at radius 2 is 1.85 bits per heavy atom. The van der Waals surface area contributed by atoms with Crippen LogP contribution in [0.1, 0.15) is 18.1 Å². The Kier molecular flexibility index (Phi) is 5.98. The fourth-order valence-electron chi connectivity index (χ4n) is 2.64. The number of benzene rings is 2. The van der Waals surface area contributed by atoms with Crippen molar-refractivity contribution >= 4 is 17.5 Å². The lowest BCUT2D eigenvalue weighted by Gasteiger charge is -2.10. The first-order valence-electron chi connectivity index (χ1n) is 8.70. The van der Waals surface area contributed by atoms with Crippen LogP contribution >= 0.6 is 0 Å². The van der Waals surface area contributed by atoms with E-state index in [1.165, 1.54) is 11.1 Å². The maximum atomic E-state index is 5.17. The Hall–Kier alpha value is -3.15. The normalized spacial score (nSPS) is 10.4. The molecule has 26 heavy (non-hydrogen) atoms. The van der Waals surface area contributed by atoms with Gasteiger partial charge in [-0.2, -0.15) is 10.1 Å². The zero-order valence-electron chi connectivity index (χ0n) is 15.1. The Bertz CT molecular complexity index is 836. The summed E-state index contributed by atoms with van der Waals surface area (Å²) in [4.78, 5) is 4.49. The molecule has 0 saturated carbocycles. The zero-order valence-corrected chi connectivity index (χ0v) is 15.1. The van der Waals surface area contributed by atoms with Crippen molar-refractivity contribution in [2.24, 2.45) is 0 Å². The van der Waals surface area contributed by atoms with Crippen LogP contribution in [-0.4, -0.2) is 28.8 Å². The van der Waals surface area contributed by atoms with E-state index in [4.69, 9.17) is 4.74 Å². The molecule has 2 N–H and O–H groups in total. The molecular weight excluding hydrogens is 326 g/mol. The summed E-state index contributed by atoms with van der Waals surface area (Å²) in [5.41, 5.74) is 3.46. The quantitative estimate of drug-likeness (QED) is 0.644. The summed E-state index contributed by atoms with van der Waals surface area (Å²) in [6.07, 6.45) is 3.46. The van der Waals surface area contributed by atoms with Gasteiger partial charge in [0.05, 0.1) is 13.3 Å². The Labute approximate surface area is 153 Å². The van der Waals surface area contributed by atoms with Crippen molar-refractivity contribution in [3.63, 3.8) is 0 Å². The highest BCUT2D eigenvalue weighted by Gasteiger charge is 2.04. The first kappa shape index (κ1) is 17.7. The van der Waals surface area contributed by atoms with Gasteiger partial charge in [0.15, 0.2) is 5.82 Å². The van der Waals surface area contributed by atoms with Gasteiger partial charge in [0.1, 0.15) is 5.75 Å². The van der Waals surface area contributed by atoms with Crippen LogP contribution in [-0.2, 0) is 12.8 Å². The molecular formula is C20H23N5O. The molecule has 0 radical (unpaired) electrons. The van der Waals surface area contributed by atoms with Crippen molar-refractivity contribution < 1.29 is 4.74 Å². The molecule has 0 amide bonds. The second-order valence-corrected chi connectivity index (χ2v) is 5.83. The number of aryl methyl sites for hydroxylation is 1. The number of ether oxygens (including phenoxy) is 1. The number of para-hydroxylation sites is 1. The molecule has 0 aliphatic carbocycles. The summed E-state index contributed by atoms with van der Waals surface area (Å²) in [7, 11) is 1.67. The van der Waals surface area contributed by atoms with E-state index in [0.717, 1.165) is 30.8 Å². The molecule has 0 atom stereocenters. The second-order valence-electron chi connectivity index (χ2n) is 5.83. The SMILES string of the molecule is CCc1ccccc1Nc1nncc(NCCc2ccc(OC)cc2)n1. The smallest absolute Gasteiger partial charge is 0.249 e. The van der Waals surface area contributed by atoms with Gasteiger partial charge in [0, 0.05) is 12.2 Å². The van der Waals surface area contributed by atoms with Crippen LogP contribution in [0.4, 0.5) is 17.5 Å². The monoisotopic (exact) mass is 349 g/mol. The summed E-state index contributed by atoms with van der Waals surface area (Å²) < 4.78 is 5.17. The van der Waals surface area contributed by atoms with Gasteiger partial charge in [-0.15, -0.1) is 5.10 Å². The maximum absolute atomic E-state index is 5.17. The van der Waals surface area contributed by atoms with E-state index in [2.05, 4.69) is 50.9 Å². The fraction of sp³-hybridized carbons (Fsp3) is 0.250. The predicted octanol–water partition coefficient (Wildman–Crippen LogP) is 3.84. The Morgan fingerprint density at radius 1 is 1.04 bits per heavy atom. The number of nitrogens with zero attached hydrogens (tertiary/aromatic N) is 3. The number of rotatable bonds is 8. The van der Waals surface area contributed by atoms with Crippen molar-refractivity contribution in [3.8, 4) is 5.75 Å². The van der Waals surface area contributed by atoms with E-state index in [-0.39, 0.29) is 0 Å². The van der Waals surface area contributed by atoms with Crippen molar-refractivity contribution in [1.82, 2.24) is 15.2 Å². The van der Waals surface area contributed by atoms with Gasteiger partial charge in [-0.3, -0.25) is 0 Å². The van der Waals surface area contributed by atoms with Crippen LogP contribution in [0.15, 0.2) is 54.7 Å². The number of hydrogen-bond acceptors (Lipinski definition) is 6. The van der Waals surface area contributed by atoms with Crippen LogP contribution in [0, 0.1) is 0 Å². The Balaban J connectivity index is 1.58. The lowest BCUT2D eigenvalue weighted by atomic mass is 10.1. The standard InChI is InChI=1S/C20H23N5O/c1-3-16-6-4-5-7-18(16)23-20-24-19(14-22-25-20)21-13-12-15-8-10-17(26-2)11-9-15/h4-11,14H,3,12-13H2,1-2H3,(H2,21,23,24,25). The van der Waals surface area contributed by atoms with Crippen molar-refractivity contribution in [2.45, 2.75) is 19.8 Å². The first-order chi connectivity index (χ1) is 12.8. The maximum Gasteiger partial charge on any atom is 0.249 e. The minimum atomic E-state index is 0.486. The third kappa shape index (κ3) is 4.69. The minimum absolute atomic E-state index is 0.486. The first-order valence-corrected chi connectivity index (χ1v) is 8.70. The highest BCUT2D eigenvalue weighted by atomic mass is 16.5. The van der Waals surface area contributed by atoms with Gasteiger partial charge in [-0.05, 0) is 42.2 Å². The summed E-state index contributed by atoms with van der Waals surface area (Å²) in [5, 5.41) is 14.6. The number of methoxy groups -OCH3 is 1. The summed E-state index contributed by atoms with van der Waals surface area (Å²) in [5.74, 6) is 2.05. The minimum Gasteiger partial charge on any atom is -0.497 e. The Morgan fingerprint density at radius 3 is 2.62 bits per heavy atom. The average Bonchev–Trinajstić information content (AvgIpc) is 2.69. The molecule has 0 fully saturated rings. The number of aromatic nitrogens is 3. The molecule has 0 unspecified atom stereocenters. The predicted molar refractivity (Wildman–Crippen MR) is 104 cm³/mol. The number of hydrogen-bond donors (Lipinski definition) is 2. The summed E-state index contributed by atoms with van der Waals surface area (Å²) in [6, 6.07) is 16.2. The molecule has 0 aliphatic heterocycles. The van der Waals surface area contributed by atoms with Gasteiger partial charge in [-0.25, -0.2) is 0 Å². The van der Waals surface area contributed by atoms with Gasteiger partial charge in [-0.1, -0.05) is 37.3 Å². The zero-order chi connectivity index (χ0) is 18.2. The fourth-order valence-corrected chi connectivity index (χ4v) is 2.64. The van der Waals surface area contributed by atoms with Gasteiger partial charge in [0.2, 0.25) is 5.95 Å². The van der Waals surface area contributed by atoms with Crippen LogP contribution in [0.2, 0.25) is 0 Å². The van der Waals surface area contributed by atoms with E-state index < -0.39 is 0 Å². The molecule has 1 aromatic heterocycles. The van der Waals surface area contributed by atoms with Gasteiger partial charge < -0.3 is 15.4 Å². The highest BCUT2D eigenvalue weighted by Crippen LogP contribution is 2.19. The van der Waals surface area contributed by atoms with E-state index in [1.54, 1.807) is 13.3 Å². The molecule has 6 nitrogen and oxygen atoms in total. The molecule has 3 rings (SSSR count). The van der Waals surface area contributed by atoms with Crippen LogP contribution in [0.3, 0.4) is 0 Å². The summed E-state index contributed by atoms with van der Waals surface area (Å²) >= 11 is 0. The molecule has 6 heteroatoms. The number of anilines is 3. The molecule has 0 saturated heterocycles. The molecule has 1 heterocycles. The number of nitrogens with one attached hydrogen (secondary N) is 2. The lowest BCUT2D eigenvalue weighted by molar-refractivity contribution is 0.414. The summed E-state index contributed by atoms with van der Waals surface area (Å²) in [6.45, 7) is 2.88. The van der Waals surface area contributed by atoms with E-state index in [0.29, 0.717) is 11.8 Å². The van der Waals surface area contributed by atoms with Crippen molar-refractivity contribution in [2.75, 3.05) is 24.3 Å². The molecule has 134 valence electrons. The van der Waals surface area contributed by atoms with Crippen LogP contribution in [0.25, 0.3) is 0 Å². The van der Waals surface area contributed by atoms with E-state index in [1.807, 2.05) is 30.3 Å². The molecule has 0 spiro atoms. The third-order valence-corrected chi connectivity index (χ3v) is 4.08. The highest BCUT2D eigenvalue weighted by molar-refractivity contribution is 5.58. The second kappa shape index (κ2) is 8.80. The van der Waals surface area contributed by atoms with Crippen LogP contribution in [0.5, 0.6) is 5.75 Å². The molecule has 3 aromatic rings. The van der Waals surface area contributed by atoms with E-state index >= 15 is 0 Å². The molecule has 0 bridgehead atoms. The van der Waals surface area contributed by atoms with Crippen molar-refractivity contribution in [3.05, 3.63) is 65.9 Å². The van der Waals surface area contributed by atoms with Gasteiger partial charge >= 0.3 is 0 Å². The molecule has 2 aromatic carbocycles. The van der Waals surface area contributed by atoms with E-state index in [9.17, 15) is 0 Å².